The smallest absolute Gasteiger partial charge is 0.119 e. The molecule has 0 spiro atoms. The van der Waals surface area contributed by atoms with Crippen molar-refractivity contribution in [3.05, 3.63) is 72.3 Å². The van der Waals surface area contributed by atoms with Crippen LogP contribution in [0.15, 0.2) is 66.7 Å². The minimum atomic E-state index is 0.583. The molecule has 0 unspecified atom stereocenters. The monoisotopic (exact) mass is 306 g/mol. The lowest BCUT2D eigenvalue weighted by Gasteiger charge is -2.09. The molecule has 0 saturated carbocycles. The summed E-state index contributed by atoms with van der Waals surface area (Å²) in [6, 6.07) is 22.8. The molecule has 3 nitrogen and oxygen atoms in total. The maximum Gasteiger partial charge on any atom is 0.119 e. The highest BCUT2D eigenvalue weighted by molar-refractivity contribution is 5.83. The Morgan fingerprint density at radius 2 is 1.65 bits per heavy atom. The zero-order valence-corrected chi connectivity index (χ0v) is 13.2. The lowest BCUT2D eigenvalue weighted by atomic mass is 10.1. The number of ether oxygens (including phenoxy) is 1. The molecule has 0 aromatic heterocycles. The minimum absolute atomic E-state index is 0.583. The van der Waals surface area contributed by atoms with E-state index >= 15 is 0 Å². The number of anilines is 1. The van der Waals surface area contributed by atoms with Crippen molar-refractivity contribution in [2.24, 2.45) is 5.73 Å². The van der Waals surface area contributed by atoms with Crippen LogP contribution in [0, 0.1) is 0 Å². The van der Waals surface area contributed by atoms with E-state index in [0.29, 0.717) is 13.2 Å². The maximum absolute atomic E-state index is 5.83. The summed E-state index contributed by atoms with van der Waals surface area (Å²) >= 11 is 0. The second-order valence-corrected chi connectivity index (χ2v) is 5.54. The Hall–Kier alpha value is -2.52. The van der Waals surface area contributed by atoms with Crippen LogP contribution in [0.3, 0.4) is 0 Å². The zero-order valence-electron chi connectivity index (χ0n) is 13.2. The fourth-order valence-corrected chi connectivity index (χ4v) is 2.51. The van der Waals surface area contributed by atoms with Gasteiger partial charge in [-0.2, -0.15) is 0 Å². The zero-order chi connectivity index (χ0) is 15.9. The molecule has 3 aromatic carbocycles. The quantitative estimate of drug-likeness (QED) is 0.644. The number of rotatable bonds is 7. The third-order valence-electron chi connectivity index (χ3n) is 3.83. The van der Waals surface area contributed by atoms with E-state index in [1.54, 1.807) is 0 Å². The van der Waals surface area contributed by atoms with Gasteiger partial charge in [0.05, 0.1) is 6.61 Å². The summed E-state index contributed by atoms with van der Waals surface area (Å²) in [5, 5.41) is 5.84. The lowest BCUT2D eigenvalue weighted by molar-refractivity contribution is 0.315. The van der Waals surface area contributed by atoms with E-state index in [4.69, 9.17) is 10.5 Å². The van der Waals surface area contributed by atoms with Gasteiger partial charge in [-0.25, -0.2) is 0 Å². The normalized spacial score (nSPS) is 10.7. The second kappa shape index (κ2) is 7.65. The van der Waals surface area contributed by atoms with Crippen LogP contribution in [0.1, 0.15) is 12.0 Å². The molecule has 3 rings (SSSR count). The summed E-state index contributed by atoms with van der Waals surface area (Å²) in [7, 11) is 0. The van der Waals surface area contributed by atoms with Gasteiger partial charge in [-0.3, -0.25) is 0 Å². The standard InChI is InChI=1S/C20H22N2O/c21-15-16-6-9-19(10-7-16)22-12-3-13-23-20-11-8-17-4-1-2-5-18(17)14-20/h1-2,4-11,14,22H,3,12-13,15,21H2. The van der Waals surface area contributed by atoms with Gasteiger partial charge in [-0.05, 0) is 47.0 Å². The van der Waals surface area contributed by atoms with E-state index in [2.05, 4.69) is 47.8 Å². The van der Waals surface area contributed by atoms with Crippen LogP contribution in [0.25, 0.3) is 10.8 Å². The average Bonchev–Trinajstić information content (AvgIpc) is 2.62. The molecule has 0 aliphatic rings. The van der Waals surface area contributed by atoms with Crippen molar-refractivity contribution in [2.75, 3.05) is 18.5 Å². The average molecular weight is 306 g/mol. The van der Waals surface area contributed by atoms with Crippen molar-refractivity contribution in [1.29, 1.82) is 0 Å². The SMILES string of the molecule is NCc1ccc(NCCCOc2ccc3ccccc3c2)cc1. The fraction of sp³-hybridized carbons (Fsp3) is 0.200. The summed E-state index contributed by atoms with van der Waals surface area (Å²) in [6.07, 6.45) is 0.950. The highest BCUT2D eigenvalue weighted by Gasteiger charge is 1.97. The summed E-state index contributed by atoms with van der Waals surface area (Å²) in [5.41, 5.74) is 7.86. The minimum Gasteiger partial charge on any atom is -0.494 e. The molecular weight excluding hydrogens is 284 g/mol. The molecular formula is C20H22N2O. The van der Waals surface area contributed by atoms with Gasteiger partial charge in [0.1, 0.15) is 5.75 Å². The molecule has 3 N–H and O–H groups in total. The van der Waals surface area contributed by atoms with E-state index in [0.717, 1.165) is 30.0 Å². The molecule has 0 atom stereocenters. The highest BCUT2D eigenvalue weighted by Crippen LogP contribution is 2.20. The summed E-state index contributed by atoms with van der Waals surface area (Å²) in [6.45, 7) is 2.17. The van der Waals surface area contributed by atoms with Crippen molar-refractivity contribution in [3.8, 4) is 5.75 Å². The van der Waals surface area contributed by atoms with Crippen LogP contribution in [0.2, 0.25) is 0 Å². The van der Waals surface area contributed by atoms with Crippen LogP contribution in [0.5, 0.6) is 5.75 Å². The van der Waals surface area contributed by atoms with Crippen molar-refractivity contribution in [3.63, 3.8) is 0 Å². The van der Waals surface area contributed by atoms with Gasteiger partial charge in [0.15, 0.2) is 0 Å². The van der Waals surface area contributed by atoms with Crippen molar-refractivity contribution >= 4 is 16.5 Å². The van der Waals surface area contributed by atoms with E-state index in [9.17, 15) is 0 Å². The Balaban J connectivity index is 1.43. The van der Waals surface area contributed by atoms with Crippen LogP contribution in [-0.4, -0.2) is 13.2 Å². The predicted octanol–water partition coefficient (Wildman–Crippen LogP) is 4.18. The highest BCUT2D eigenvalue weighted by atomic mass is 16.5. The molecule has 3 aromatic rings. The second-order valence-electron chi connectivity index (χ2n) is 5.54. The van der Waals surface area contributed by atoms with Crippen LogP contribution >= 0.6 is 0 Å². The van der Waals surface area contributed by atoms with Gasteiger partial charge < -0.3 is 15.8 Å². The molecule has 3 heteroatoms. The molecule has 0 aliphatic carbocycles. The molecule has 0 saturated heterocycles. The third kappa shape index (κ3) is 4.24. The largest absolute Gasteiger partial charge is 0.494 e. The van der Waals surface area contributed by atoms with E-state index in [1.165, 1.54) is 10.8 Å². The number of benzene rings is 3. The Kier molecular flexibility index (Phi) is 5.12. The number of fused-ring (bicyclic) bond motifs is 1. The van der Waals surface area contributed by atoms with Crippen LogP contribution in [-0.2, 0) is 6.54 Å². The number of hydrogen-bond acceptors (Lipinski definition) is 3. The number of nitrogens with one attached hydrogen (secondary N) is 1. The number of nitrogens with two attached hydrogens (primary N) is 1. The first-order valence-electron chi connectivity index (χ1n) is 7.99. The van der Waals surface area contributed by atoms with Crippen LogP contribution in [0.4, 0.5) is 5.69 Å². The van der Waals surface area contributed by atoms with Gasteiger partial charge >= 0.3 is 0 Å². The molecule has 0 bridgehead atoms. The first-order chi connectivity index (χ1) is 11.3. The maximum atomic E-state index is 5.83. The lowest BCUT2D eigenvalue weighted by Crippen LogP contribution is -2.07. The Labute approximate surface area is 137 Å². The first kappa shape index (κ1) is 15.4. The van der Waals surface area contributed by atoms with Gasteiger partial charge in [-0.15, -0.1) is 0 Å². The Morgan fingerprint density at radius 1 is 0.870 bits per heavy atom. The van der Waals surface area contributed by atoms with Crippen LogP contribution < -0.4 is 15.8 Å². The topological polar surface area (TPSA) is 47.3 Å². The summed E-state index contributed by atoms with van der Waals surface area (Å²) in [5.74, 6) is 0.927. The molecule has 0 amide bonds. The Morgan fingerprint density at radius 3 is 2.43 bits per heavy atom. The fourth-order valence-electron chi connectivity index (χ4n) is 2.51. The molecule has 0 heterocycles. The van der Waals surface area contributed by atoms with E-state index in [1.807, 2.05) is 24.3 Å². The van der Waals surface area contributed by atoms with Gasteiger partial charge in [0, 0.05) is 18.8 Å². The summed E-state index contributed by atoms with van der Waals surface area (Å²) in [4.78, 5) is 0. The predicted molar refractivity (Wildman–Crippen MR) is 96.9 cm³/mol. The third-order valence-corrected chi connectivity index (χ3v) is 3.83. The molecule has 0 fully saturated rings. The molecule has 23 heavy (non-hydrogen) atoms. The van der Waals surface area contributed by atoms with E-state index in [-0.39, 0.29) is 0 Å². The van der Waals surface area contributed by atoms with Gasteiger partial charge in [0.2, 0.25) is 0 Å². The van der Waals surface area contributed by atoms with Crippen molar-refractivity contribution < 1.29 is 4.74 Å². The van der Waals surface area contributed by atoms with Crippen molar-refractivity contribution in [1.82, 2.24) is 0 Å². The molecule has 0 aliphatic heterocycles. The van der Waals surface area contributed by atoms with Gasteiger partial charge in [-0.1, -0.05) is 42.5 Å². The van der Waals surface area contributed by atoms with E-state index < -0.39 is 0 Å². The molecule has 0 radical (unpaired) electrons. The van der Waals surface area contributed by atoms with Crippen molar-refractivity contribution in [2.45, 2.75) is 13.0 Å². The summed E-state index contributed by atoms with van der Waals surface area (Å²) < 4.78 is 5.83. The Bertz CT molecular complexity index is 753. The molecule has 118 valence electrons. The number of hydrogen-bond donors (Lipinski definition) is 2. The first-order valence-corrected chi connectivity index (χ1v) is 7.99. The van der Waals surface area contributed by atoms with Gasteiger partial charge in [0.25, 0.3) is 0 Å².